The summed E-state index contributed by atoms with van der Waals surface area (Å²) in [5, 5.41) is 8.18. The number of morpholine rings is 1. The number of nitrogens with one attached hydrogen (secondary N) is 1. The number of amidine groups is 1. The van der Waals surface area contributed by atoms with Gasteiger partial charge in [0.15, 0.2) is 21.4 Å². The van der Waals surface area contributed by atoms with Crippen LogP contribution in [0.25, 0.3) is 0 Å². The zero-order valence-corrected chi connectivity index (χ0v) is 19.1. The van der Waals surface area contributed by atoms with E-state index in [9.17, 15) is 8.42 Å². The molecule has 1 aromatic heterocycles. The fraction of sp³-hybridized carbons (Fsp3) is 0.632. The van der Waals surface area contributed by atoms with Crippen molar-refractivity contribution in [1.82, 2.24) is 9.97 Å². The zero-order valence-electron chi connectivity index (χ0n) is 18.3. The van der Waals surface area contributed by atoms with Crippen molar-refractivity contribution in [2.45, 2.75) is 44.0 Å². The van der Waals surface area contributed by atoms with Gasteiger partial charge in [-0.25, -0.2) is 13.4 Å². The monoisotopic (exact) mass is 438 g/mol. The predicted molar refractivity (Wildman–Crippen MR) is 116 cm³/mol. The van der Waals surface area contributed by atoms with E-state index in [1.807, 2.05) is 13.8 Å². The molecule has 0 bridgehead atoms. The zero-order chi connectivity index (χ0) is 22.5. The van der Waals surface area contributed by atoms with Crippen molar-refractivity contribution >= 4 is 27.4 Å². The van der Waals surface area contributed by atoms with E-state index >= 15 is 0 Å². The van der Waals surface area contributed by atoms with Crippen molar-refractivity contribution in [3.63, 3.8) is 0 Å². The Morgan fingerprint density at radius 3 is 2.67 bits per heavy atom. The van der Waals surface area contributed by atoms with Crippen LogP contribution in [0.15, 0.2) is 12.3 Å². The Labute approximate surface area is 177 Å². The highest BCUT2D eigenvalue weighted by atomic mass is 32.2. The van der Waals surface area contributed by atoms with Gasteiger partial charge in [0.25, 0.3) is 0 Å². The highest BCUT2D eigenvalue weighted by Gasteiger charge is 2.48. The predicted octanol–water partition coefficient (Wildman–Crippen LogP) is 1.02. The first kappa shape index (κ1) is 22.3. The van der Waals surface area contributed by atoms with Crippen LogP contribution in [-0.4, -0.2) is 68.9 Å². The molecule has 1 fully saturated rings. The van der Waals surface area contributed by atoms with Crippen molar-refractivity contribution in [3.8, 4) is 5.75 Å². The summed E-state index contributed by atoms with van der Waals surface area (Å²) in [6.45, 7) is 8.54. The third-order valence-corrected chi connectivity index (χ3v) is 7.85. The van der Waals surface area contributed by atoms with Crippen LogP contribution in [0.1, 0.15) is 33.4 Å². The lowest BCUT2D eigenvalue weighted by atomic mass is 9.95. The number of rotatable bonds is 4. The molecule has 10 nitrogen and oxygen atoms in total. The number of ether oxygens (including phenoxy) is 2. The number of nitrogens with two attached hydrogens (primary N) is 1. The molecule has 11 heteroatoms. The Hall–Kier alpha value is -2.40. The van der Waals surface area contributed by atoms with Crippen LogP contribution in [-0.2, 0) is 19.3 Å². The van der Waals surface area contributed by atoms with Crippen molar-refractivity contribution in [2.75, 3.05) is 42.9 Å². The molecule has 0 aromatic carbocycles. The van der Waals surface area contributed by atoms with E-state index < -0.39 is 20.1 Å². The second kappa shape index (κ2) is 7.38. The maximum Gasteiger partial charge on any atom is 0.233 e. The molecular formula is C19H30N6O4S. The number of aromatic nitrogens is 2. The van der Waals surface area contributed by atoms with Crippen molar-refractivity contribution in [1.29, 1.82) is 5.41 Å². The maximum absolute atomic E-state index is 12.6. The van der Waals surface area contributed by atoms with Gasteiger partial charge in [-0.15, -0.1) is 0 Å². The van der Waals surface area contributed by atoms with Gasteiger partial charge in [-0.05, 0) is 40.0 Å². The molecule has 0 aliphatic carbocycles. The summed E-state index contributed by atoms with van der Waals surface area (Å²) in [6, 6.07) is -0.00274. The fourth-order valence-electron chi connectivity index (χ4n) is 3.70. The lowest BCUT2D eigenvalue weighted by Gasteiger charge is -2.52. The fourth-order valence-corrected chi connectivity index (χ4v) is 4.19. The number of nitrogens with zero attached hydrogens (tertiary/aromatic N) is 4. The number of sulfone groups is 1. The molecule has 3 N–H and O–H groups in total. The summed E-state index contributed by atoms with van der Waals surface area (Å²) in [4.78, 5) is 12.8. The SMILES string of the molecule is C[C@@H]1COCC2(C)COc3c(nc(N(C)C(=N)C=CN)nc3C(C)(C)S(C)(=O)=O)N12. The van der Waals surface area contributed by atoms with E-state index in [0.29, 0.717) is 31.4 Å². The quantitative estimate of drug-likeness (QED) is 0.522. The van der Waals surface area contributed by atoms with Gasteiger partial charge >= 0.3 is 0 Å². The molecule has 3 heterocycles. The van der Waals surface area contributed by atoms with E-state index in [1.54, 1.807) is 20.9 Å². The molecule has 30 heavy (non-hydrogen) atoms. The van der Waals surface area contributed by atoms with Gasteiger partial charge in [0.2, 0.25) is 5.95 Å². The smallest absolute Gasteiger partial charge is 0.233 e. The molecule has 2 aliphatic rings. The van der Waals surface area contributed by atoms with Crippen LogP contribution < -0.4 is 20.3 Å². The first-order chi connectivity index (χ1) is 13.8. The second-order valence-corrected chi connectivity index (χ2v) is 11.2. The molecule has 1 saturated heterocycles. The minimum absolute atomic E-state index is 0.00274. The molecule has 0 radical (unpaired) electrons. The number of hydrogen-bond acceptors (Lipinski definition) is 9. The largest absolute Gasteiger partial charge is 0.485 e. The van der Waals surface area contributed by atoms with E-state index in [-0.39, 0.29) is 23.5 Å². The Morgan fingerprint density at radius 2 is 2.07 bits per heavy atom. The van der Waals surface area contributed by atoms with Crippen molar-refractivity contribution in [2.24, 2.45) is 5.73 Å². The summed E-state index contributed by atoms with van der Waals surface area (Å²) in [7, 11) is -1.91. The van der Waals surface area contributed by atoms with Gasteiger partial charge in [0.1, 0.15) is 22.9 Å². The third-order valence-electron chi connectivity index (χ3n) is 5.80. The first-order valence-electron chi connectivity index (χ1n) is 9.66. The van der Waals surface area contributed by atoms with Gasteiger partial charge < -0.3 is 20.1 Å². The second-order valence-electron chi connectivity index (χ2n) is 8.63. The molecule has 1 unspecified atom stereocenters. The van der Waals surface area contributed by atoms with Crippen LogP contribution in [0.3, 0.4) is 0 Å². The average molecular weight is 439 g/mol. The Kier molecular flexibility index (Phi) is 5.48. The Balaban J connectivity index is 2.29. The van der Waals surface area contributed by atoms with Gasteiger partial charge in [0, 0.05) is 13.3 Å². The molecule has 3 rings (SSSR count). The normalized spacial score (nSPS) is 24.2. The van der Waals surface area contributed by atoms with Crippen LogP contribution >= 0.6 is 0 Å². The van der Waals surface area contributed by atoms with Gasteiger partial charge in [-0.2, -0.15) is 4.98 Å². The molecule has 2 atom stereocenters. The first-order valence-corrected chi connectivity index (χ1v) is 11.5. The van der Waals surface area contributed by atoms with E-state index in [0.717, 1.165) is 0 Å². The minimum atomic E-state index is -3.54. The van der Waals surface area contributed by atoms with Crippen LogP contribution in [0.2, 0.25) is 0 Å². The van der Waals surface area contributed by atoms with Crippen LogP contribution in [0.4, 0.5) is 11.8 Å². The third kappa shape index (κ3) is 3.49. The minimum Gasteiger partial charge on any atom is -0.485 e. The Bertz CT molecular complexity index is 993. The van der Waals surface area contributed by atoms with Crippen molar-refractivity contribution in [3.05, 3.63) is 18.0 Å². The molecule has 166 valence electrons. The van der Waals surface area contributed by atoms with Gasteiger partial charge in [-0.1, -0.05) is 0 Å². The topological polar surface area (TPSA) is 135 Å². The summed E-state index contributed by atoms with van der Waals surface area (Å²) in [6.07, 6.45) is 3.83. The number of anilines is 2. The molecule has 1 aromatic rings. The summed E-state index contributed by atoms with van der Waals surface area (Å²) >= 11 is 0. The summed E-state index contributed by atoms with van der Waals surface area (Å²) in [5.41, 5.74) is 5.24. The van der Waals surface area contributed by atoms with Crippen molar-refractivity contribution < 1.29 is 17.9 Å². The molecule has 0 saturated carbocycles. The highest BCUT2D eigenvalue weighted by molar-refractivity contribution is 7.91. The number of hydrogen-bond donors (Lipinski definition) is 2. The summed E-state index contributed by atoms with van der Waals surface area (Å²) < 4.78 is 35.8. The maximum atomic E-state index is 12.6. The molecule has 0 amide bonds. The summed E-state index contributed by atoms with van der Waals surface area (Å²) in [5.74, 6) is 1.12. The number of likely N-dealkylation sites (N-methyl/N-ethyl adjacent to an activating group) is 1. The lowest BCUT2D eigenvalue weighted by molar-refractivity contribution is 0.00705. The molecule has 2 aliphatic heterocycles. The number of fused-ring (bicyclic) bond motifs is 3. The highest BCUT2D eigenvalue weighted by Crippen LogP contribution is 2.46. The van der Waals surface area contributed by atoms with E-state index in [1.165, 1.54) is 23.4 Å². The van der Waals surface area contributed by atoms with Crippen LogP contribution in [0, 0.1) is 5.41 Å². The van der Waals surface area contributed by atoms with E-state index in [2.05, 4.69) is 9.88 Å². The van der Waals surface area contributed by atoms with Crippen LogP contribution in [0.5, 0.6) is 5.75 Å². The van der Waals surface area contributed by atoms with Gasteiger partial charge in [-0.3, -0.25) is 10.3 Å². The molecule has 0 spiro atoms. The van der Waals surface area contributed by atoms with Gasteiger partial charge in [0.05, 0.1) is 24.8 Å². The average Bonchev–Trinajstić information content (AvgIpc) is 2.65. The lowest BCUT2D eigenvalue weighted by Crippen LogP contribution is -2.64. The molecular weight excluding hydrogens is 408 g/mol. The Morgan fingerprint density at radius 1 is 1.40 bits per heavy atom. The van der Waals surface area contributed by atoms with E-state index in [4.69, 9.17) is 25.6 Å². The standard InChI is InChI=1S/C19H30N6O4S/c1-12-9-28-10-19(4)11-29-14-15(18(2,3)30(6,26)27)22-17(23-16(14)25(12)19)24(5)13(21)7-8-20/h7-8,12,21H,9-11,20H2,1-6H3/t12-,19?/m1/s1.